The molecule has 112 valence electrons. The Morgan fingerprint density at radius 2 is 1.60 bits per heavy atom. The van der Waals surface area contributed by atoms with Gasteiger partial charge >= 0.3 is 0 Å². The maximum absolute atomic E-state index is 13.4. The van der Waals surface area contributed by atoms with Crippen molar-refractivity contribution in [1.82, 2.24) is 9.88 Å². The molecule has 1 rings (SSSR count). The second-order valence-corrected chi connectivity index (χ2v) is 4.07. The molecule has 0 saturated carbocycles. The van der Waals surface area contributed by atoms with Crippen molar-refractivity contribution in [2.45, 2.75) is 26.8 Å². The highest BCUT2D eigenvalue weighted by Gasteiger charge is 2.25. The Bertz CT molecular complexity index is 480. The standard InChI is InChI=1S/C12H15F4N3O/c1-4-19(5-2)12(20)6(3)17-9-7(13)10(15)18-11(16)8(9)14/h6H,4-5H2,1-3H3,(H,17,18). The van der Waals surface area contributed by atoms with E-state index in [0.29, 0.717) is 13.1 Å². The minimum Gasteiger partial charge on any atom is -0.369 e. The van der Waals surface area contributed by atoms with E-state index in [1.165, 1.54) is 11.8 Å². The van der Waals surface area contributed by atoms with Crippen LogP contribution in [0.15, 0.2) is 0 Å². The van der Waals surface area contributed by atoms with Crippen LogP contribution < -0.4 is 5.32 Å². The summed E-state index contributed by atoms with van der Waals surface area (Å²) in [6.45, 7) is 5.63. The Morgan fingerprint density at radius 1 is 1.15 bits per heavy atom. The predicted molar refractivity (Wildman–Crippen MR) is 65.1 cm³/mol. The number of nitrogens with one attached hydrogen (secondary N) is 1. The molecule has 8 heteroatoms. The third-order valence-corrected chi connectivity index (χ3v) is 2.80. The smallest absolute Gasteiger partial charge is 0.253 e. The van der Waals surface area contributed by atoms with Crippen LogP contribution >= 0.6 is 0 Å². The van der Waals surface area contributed by atoms with Crippen LogP contribution in [0, 0.1) is 23.5 Å². The highest BCUT2D eigenvalue weighted by Crippen LogP contribution is 2.22. The van der Waals surface area contributed by atoms with E-state index in [0.717, 1.165) is 0 Å². The van der Waals surface area contributed by atoms with E-state index in [4.69, 9.17) is 0 Å². The van der Waals surface area contributed by atoms with Crippen molar-refractivity contribution in [3.63, 3.8) is 0 Å². The number of hydrogen-bond donors (Lipinski definition) is 1. The van der Waals surface area contributed by atoms with E-state index in [2.05, 4.69) is 10.3 Å². The van der Waals surface area contributed by atoms with E-state index in [1.54, 1.807) is 13.8 Å². The minimum absolute atomic E-state index is 0.408. The van der Waals surface area contributed by atoms with Crippen molar-refractivity contribution in [2.24, 2.45) is 0 Å². The number of rotatable bonds is 5. The molecule has 1 aromatic heterocycles. The van der Waals surface area contributed by atoms with Gasteiger partial charge < -0.3 is 10.2 Å². The van der Waals surface area contributed by atoms with Gasteiger partial charge in [0.2, 0.25) is 17.5 Å². The Morgan fingerprint density at radius 3 is 2.00 bits per heavy atom. The molecule has 1 N–H and O–H groups in total. The fourth-order valence-electron chi connectivity index (χ4n) is 1.70. The summed E-state index contributed by atoms with van der Waals surface area (Å²) < 4.78 is 52.7. The molecule has 0 aliphatic carbocycles. The molecule has 0 radical (unpaired) electrons. The van der Waals surface area contributed by atoms with Gasteiger partial charge in [0.15, 0.2) is 0 Å². The van der Waals surface area contributed by atoms with Crippen molar-refractivity contribution in [3.05, 3.63) is 23.5 Å². The molecule has 0 bridgehead atoms. The van der Waals surface area contributed by atoms with Crippen molar-refractivity contribution in [2.75, 3.05) is 18.4 Å². The molecule has 0 aromatic carbocycles. The van der Waals surface area contributed by atoms with Gasteiger partial charge in [-0.05, 0) is 20.8 Å². The number of carbonyl (C=O) groups excluding carboxylic acids is 1. The molecule has 4 nitrogen and oxygen atoms in total. The Balaban J connectivity index is 3.02. The minimum atomic E-state index is -1.77. The first-order chi connectivity index (χ1) is 9.33. The van der Waals surface area contributed by atoms with Gasteiger partial charge in [-0.25, -0.2) is 0 Å². The second kappa shape index (κ2) is 6.53. The summed E-state index contributed by atoms with van der Waals surface area (Å²) in [5.41, 5.74) is -1.04. The summed E-state index contributed by atoms with van der Waals surface area (Å²) >= 11 is 0. The molecular weight excluding hydrogens is 278 g/mol. The topological polar surface area (TPSA) is 45.2 Å². The van der Waals surface area contributed by atoms with Crippen molar-refractivity contribution in [3.8, 4) is 0 Å². The SMILES string of the molecule is CCN(CC)C(=O)C(C)Nc1c(F)c(F)nc(F)c1F. The number of likely N-dealkylation sites (N-methyl/N-ethyl adjacent to an activating group) is 1. The summed E-state index contributed by atoms with van der Waals surface area (Å²) in [4.78, 5) is 15.8. The highest BCUT2D eigenvalue weighted by molar-refractivity contribution is 5.84. The van der Waals surface area contributed by atoms with Gasteiger partial charge in [-0.1, -0.05) is 0 Å². The molecule has 1 aromatic rings. The number of hydrogen-bond acceptors (Lipinski definition) is 3. The van der Waals surface area contributed by atoms with E-state index in [9.17, 15) is 22.4 Å². The zero-order chi connectivity index (χ0) is 15.4. The van der Waals surface area contributed by atoms with Gasteiger partial charge in [-0.3, -0.25) is 4.79 Å². The number of pyridine rings is 1. The van der Waals surface area contributed by atoms with Gasteiger partial charge in [0.05, 0.1) is 0 Å². The second-order valence-electron chi connectivity index (χ2n) is 4.07. The Labute approximate surface area is 113 Å². The molecule has 0 saturated heterocycles. The molecule has 1 amide bonds. The highest BCUT2D eigenvalue weighted by atomic mass is 19.2. The average Bonchev–Trinajstić information content (AvgIpc) is 2.42. The summed E-state index contributed by atoms with van der Waals surface area (Å²) in [6.07, 6.45) is 0. The molecule has 0 fully saturated rings. The lowest BCUT2D eigenvalue weighted by molar-refractivity contribution is -0.131. The number of halogens is 4. The lowest BCUT2D eigenvalue weighted by Crippen LogP contribution is -2.41. The average molecular weight is 293 g/mol. The van der Waals surface area contributed by atoms with Gasteiger partial charge in [0.1, 0.15) is 11.7 Å². The maximum Gasteiger partial charge on any atom is 0.253 e. The van der Waals surface area contributed by atoms with Crippen molar-refractivity contribution < 1.29 is 22.4 Å². The molecule has 1 unspecified atom stereocenters. The van der Waals surface area contributed by atoms with Crippen molar-refractivity contribution >= 4 is 11.6 Å². The lowest BCUT2D eigenvalue weighted by Gasteiger charge is -2.24. The van der Waals surface area contributed by atoms with E-state index >= 15 is 0 Å². The first-order valence-electron chi connectivity index (χ1n) is 6.08. The number of carbonyl (C=O) groups is 1. The van der Waals surface area contributed by atoms with Crippen LogP contribution in [0.25, 0.3) is 0 Å². The predicted octanol–water partition coefficient (Wildman–Crippen LogP) is 2.31. The monoisotopic (exact) mass is 293 g/mol. The molecule has 0 aliphatic heterocycles. The first-order valence-corrected chi connectivity index (χ1v) is 6.08. The van der Waals surface area contributed by atoms with Crippen LogP contribution in [-0.4, -0.2) is 34.9 Å². The van der Waals surface area contributed by atoms with Crippen LogP contribution in [0.4, 0.5) is 23.2 Å². The molecule has 20 heavy (non-hydrogen) atoms. The van der Waals surface area contributed by atoms with Gasteiger partial charge in [-0.15, -0.1) is 0 Å². The van der Waals surface area contributed by atoms with Crippen molar-refractivity contribution in [1.29, 1.82) is 0 Å². The summed E-state index contributed by atoms with van der Waals surface area (Å²) in [6, 6.07) is -1.04. The summed E-state index contributed by atoms with van der Waals surface area (Å²) in [5.74, 6) is -7.31. The van der Waals surface area contributed by atoms with Gasteiger partial charge in [0.25, 0.3) is 11.9 Å². The normalized spacial score (nSPS) is 12.2. The number of aromatic nitrogens is 1. The molecule has 1 heterocycles. The quantitative estimate of drug-likeness (QED) is 0.669. The Kier molecular flexibility index (Phi) is 5.29. The molecular formula is C12H15F4N3O. The van der Waals surface area contributed by atoms with E-state index in [1.807, 2.05) is 0 Å². The Hall–Kier alpha value is -1.86. The first kappa shape index (κ1) is 16.2. The molecule has 1 atom stereocenters. The number of amides is 1. The molecule has 0 aliphatic rings. The zero-order valence-corrected chi connectivity index (χ0v) is 11.3. The number of nitrogens with zero attached hydrogens (tertiary/aromatic N) is 2. The maximum atomic E-state index is 13.4. The van der Waals surface area contributed by atoms with Crippen LogP contribution in [0.2, 0.25) is 0 Å². The van der Waals surface area contributed by atoms with Crippen LogP contribution in [0.3, 0.4) is 0 Å². The summed E-state index contributed by atoms with van der Waals surface area (Å²) in [7, 11) is 0. The van der Waals surface area contributed by atoms with E-state index < -0.39 is 41.2 Å². The van der Waals surface area contributed by atoms with E-state index in [-0.39, 0.29) is 0 Å². The van der Waals surface area contributed by atoms with Crippen LogP contribution in [0.5, 0.6) is 0 Å². The zero-order valence-electron chi connectivity index (χ0n) is 11.3. The number of anilines is 1. The van der Waals surface area contributed by atoms with Gasteiger partial charge in [0, 0.05) is 13.1 Å². The lowest BCUT2D eigenvalue weighted by atomic mass is 10.2. The molecule has 0 spiro atoms. The largest absolute Gasteiger partial charge is 0.369 e. The summed E-state index contributed by atoms with van der Waals surface area (Å²) in [5, 5.41) is 2.15. The van der Waals surface area contributed by atoms with Gasteiger partial charge in [-0.2, -0.15) is 22.5 Å². The van der Waals surface area contributed by atoms with Crippen LogP contribution in [-0.2, 0) is 4.79 Å². The fraction of sp³-hybridized carbons (Fsp3) is 0.500. The fourth-order valence-corrected chi connectivity index (χ4v) is 1.70. The third kappa shape index (κ3) is 3.17. The third-order valence-electron chi connectivity index (χ3n) is 2.80. The van der Waals surface area contributed by atoms with Crippen LogP contribution in [0.1, 0.15) is 20.8 Å².